The summed E-state index contributed by atoms with van der Waals surface area (Å²) in [5.74, 6) is 0. The first kappa shape index (κ1) is 11.7. The molecule has 0 aliphatic rings. The SMILES string of the molecule is CCCCCCC(C)(C)c1cncs1. The van der Waals surface area contributed by atoms with Gasteiger partial charge in [-0.25, -0.2) is 0 Å². The Hall–Kier alpha value is -0.370. The fraction of sp³-hybridized carbons (Fsp3) is 0.750. The lowest BCUT2D eigenvalue weighted by Crippen LogP contribution is -2.15. The number of nitrogens with zero attached hydrogens (tertiary/aromatic N) is 1. The molecule has 1 nitrogen and oxygen atoms in total. The highest BCUT2D eigenvalue weighted by Gasteiger charge is 2.21. The van der Waals surface area contributed by atoms with Gasteiger partial charge in [-0.2, -0.15) is 0 Å². The molecule has 0 aliphatic carbocycles. The fourth-order valence-electron chi connectivity index (χ4n) is 1.67. The van der Waals surface area contributed by atoms with E-state index in [4.69, 9.17) is 0 Å². The zero-order chi connectivity index (χ0) is 10.4. The molecule has 80 valence electrons. The van der Waals surface area contributed by atoms with E-state index in [0.29, 0.717) is 5.41 Å². The summed E-state index contributed by atoms with van der Waals surface area (Å²) in [5, 5.41) is 0. The Balaban J connectivity index is 2.35. The number of hydrogen-bond acceptors (Lipinski definition) is 2. The van der Waals surface area contributed by atoms with Gasteiger partial charge in [-0.1, -0.05) is 46.5 Å². The molecule has 0 spiro atoms. The zero-order valence-electron chi connectivity index (χ0n) is 9.55. The zero-order valence-corrected chi connectivity index (χ0v) is 10.4. The molecule has 0 saturated carbocycles. The molecular formula is C12H21NS. The summed E-state index contributed by atoms with van der Waals surface area (Å²) in [6.45, 7) is 6.91. The molecule has 0 fully saturated rings. The van der Waals surface area contributed by atoms with E-state index in [1.807, 2.05) is 11.7 Å². The van der Waals surface area contributed by atoms with Crippen molar-refractivity contribution < 1.29 is 0 Å². The molecule has 0 N–H and O–H groups in total. The standard InChI is InChI=1S/C12H21NS/c1-4-5-6-7-8-12(2,3)11-9-13-10-14-11/h9-10H,4-8H2,1-3H3. The summed E-state index contributed by atoms with van der Waals surface area (Å²) in [6.07, 6.45) is 8.72. The summed E-state index contributed by atoms with van der Waals surface area (Å²) in [6, 6.07) is 0. The van der Waals surface area contributed by atoms with Crippen molar-refractivity contribution in [2.24, 2.45) is 0 Å². The lowest BCUT2D eigenvalue weighted by atomic mass is 9.86. The number of rotatable bonds is 6. The normalized spacial score (nSPS) is 11.9. The number of hydrogen-bond donors (Lipinski definition) is 0. The Morgan fingerprint density at radius 2 is 2.07 bits per heavy atom. The lowest BCUT2D eigenvalue weighted by molar-refractivity contribution is 0.453. The highest BCUT2D eigenvalue weighted by molar-refractivity contribution is 7.09. The molecule has 1 aromatic rings. The van der Waals surface area contributed by atoms with Gasteiger partial charge in [0, 0.05) is 16.5 Å². The van der Waals surface area contributed by atoms with Gasteiger partial charge in [-0.15, -0.1) is 11.3 Å². The average Bonchev–Trinajstić information content (AvgIpc) is 2.65. The van der Waals surface area contributed by atoms with Crippen molar-refractivity contribution in [1.82, 2.24) is 4.98 Å². The van der Waals surface area contributed by atoms with Crippen molar-refractivity contribution in [3.63, 3.8) is 0 Å². The third kappa shape index (κ3) is 3.41. The maximum absolute atomic E-state index is 4.15. The highest BCUT2D eigenvalue weighted by Crippen LogP contribution is 2.31. The molecule has 0 saturated heterocycles. The Morgan fingerprint density at radius 1 is 1.29 bits per heavy atom. The van der Waals surface area contributed by atoms with E-state index in [-0.39, 0.29) is 0 Å². The molecule has 1 rings (SSSR count). The summed E-state index contributed by atoms with van der Waals surface area (Å²) in [7, 11) is 0. The van der Waals surface area contributed by atoms with E-state index in [9.17, 15) is 0 Å². The van der Waals surface area contributed by atoms with Crippen LogP contribution in [0.3, 0.4) is 0 Å². The first-order chi connectivity index (χ1) is 6.67. The molecule has 0 radical (unpaired) electrons. The van der Waals surface area contributed by atoms with Crippen molar-refractivity contribution in [3.8, 4) is 0 Å². The minimum atomic E-state index is 0.328. The molecule has 1 aromatic heterocycles. The number of unbranched alkanes of at least 4 members (excludes halogenated alkanes) is 3. The molecule has 0 aromatic carbocycles. The minimum Gasteiger partial charge on any atom is -0.253 e. The van der Waals surface area contributed by atoms with E-state index >= 15 is 0 Å². The van der Waals surface area contributed by atoms with E-state index < -0.39 is 0 Å². The van der Waals surface area contributed by atoms with Gasteiger partial charge in [0.2, 0.25) is 0 Å². The Morgan fingerprint density at radius 3 is 2.64 bits per heavy atom. The van der Waals surface area contributed by atoms with Gasteiger partial charge in [0.15, 0.2) is 0 Å². The van der Waals surface area contributed by atoms with Crippen molar-refractivity contribution >= 4 is 11.3 Å². The summed E-state index contributed by atoms with van der Waals surface area (Å²) in [5.41, 5.74) is 2.26. The van der Waals surface area contributed by atoms with Gasteiger partial charge in [-0.05, 0) is 6.42 Å². The van der Waals surface area contributed by atoms with E-state index in [2.05, 4.69) is 25.8 Å². The smallest absolute Gasteiger partial charge is 0.0794 e. The largest absolute Gasteiger partial charge is 0.253 e. The molecule has 0 bridgehead atoms. The lowest BCUT2D eigenvalue weighted by Gasteiger charge is -2.22. The summed E-state index contributed by atoms with van der Waals surface area (Å²) >= 11 is 1.78. The minimum absolute atomic E-state index is 0.328. The van der Waals surface area contributed by atoms with Gasteiger partial charge < -0.3 is 0 Å². The second-order valence-corrected chi connectivity index (χ2v) is 5.45. The van der Waals surface area contributed by atoms with Gasteiger partial charge in [0.25, 0.3) is 0 Å². The predicted molar refractivity (Wildman–Crippen MR) is 63.9 cm³/mol. The molecule has 1 heterocycles. The van der Waals surface area contributed by atoms with E-state index in [1.165, 1.54) is 37.0 Å². The molecule has 0 unspecified atom stereocenters. The maximum atomic E-state index is 4.15. The van der Waals surface area contributed by atoms with Gasteiger partial charge >= 0.3 is 0 Å². The van der Waals surface area contributed by atoms with Gasteiger partial charge in [-0.3, -0.25) is 4.98 Å². The van der Waals surface area contributed by atoms with Crippen LogP contribution in [-0.2, 0) is 5.41 Å². The quantitative estimate of drug-likeness (QED) is 0.636. The van der Waals surface area contributed by atoms with Crippen LogP contribution in [0.2, 0.25) is 0 Å². The third-order valence-corrected chi connectivity index (χ3v) is 3.89. The van der Waals surface area contributed by atoms with Crippen molar-refractivity contribution in [3.05, 3.63) is 16.6 Å². The summed E-state index contributed by atoms with van der Waals surface area (Å²) in [4.78, 5) is 5.58. The summed E-state index contributed by atoms with van der Waals surface area (Å²) < 4.78 is 0. The Kier molecular flexibility index (Phi) is 4.59. The van der Waals surface area contributed by atoms with Crippen LogP contribution in [0.15, 0.2) is 11.7 Å². The fourth-order valence-corrected chi connectivity index (χ4v) is 2.45. The number of aromatic nitrogens is 1. The van der Waals surface area contributed by atoms with Crippen molar-refractivity contribution in [2.75, 3.05) is 0 Å². The predicted octanol–water partition coefficient (Wildman–Crippen LogP) is 4.39. The maximum Gasteiger partial charge on any atom is 0.0794 e. The third-order valence-electron chi connectivity index (χ3n) is 2.75. The van der Waals surface area contributed by atoms with Crippen LogP contribution in [0.4, 0.5) is 0 Å². The second kappa shape index (κ2) is 5.50. The van der Waals surface area contributed by atoms with Crippen molar-refractivity contribution in [2.45, 2.75) is 58.3 Å². The Labute approximate surface area is 91.6 Å². The van der Waals surface area contributed by atoms with Crippen LogP contribution in [0.25, 0.3) is 0 Å². The highest BCUT2D eigenvalue weighted by atomic mass is 32.1. The monoisotopic (exact) mass is 211 g/mol. The first-order valence-electron chi connectivity index (χ1n) is 5.56. The molecular weight excluding hydrogens is 190 g/mol. The Bertz CT molecular complexity index is 239. The molecule has 0 aliphatic heterocycles. The van der Waals surface area contributed by atoms with Crippen LogP contribution in [0.1, 0.15) is 57.8 Å². The molecule has 2 heteroatoms. The number of thiazole rings is 1. The van der Waals surface area contributed by atoms with Crippen LogP contribution in [-0.4, -0.2) is 4.98 Å². The van der Waals surface area contributed by atoms with Crippen LogP contribution < -0.4 is 0 Å². The van der Waals surface area contributed by atoms with Crippen LogP contribution in [0, 0.1) is 0 Å². The van der Waals surface area contributed by atoms with Crippen molar-refractivity contribution in [1.29, 1.82) is 0 Å². The van der Waals surface area contributed by atoms with E-state index in [0.717, 1.165) is 0 Å². The van der Waals surface area contributed by atoms with Gasteiger partial charge in [0.05, 0.1) is 5.51 Å². The topological polar surface area (TPSA) is 12.9 Å². The van der Waals surface area contributed by atoms with E-state index in [1.54, 1.807) is 11.3 Å². The van der Waals surface area contributed by atoms with Gasteiger partial charge in [0.1, 0.15) is 0 Å². The first-order valence-corrected chi connectivity index (χ1v) is 6.44. The average molecular weight is 211 g/mol. The van der Waals surface area contributed by atoms with Crippen LogP contribution >= 0.6 is 11.3 Å². The van der Waals surface area contributed by atoms with Crippen LogP contribution in [0.5, 0.6) is 0 Å². The molecule has 0 atom stereocenters. The second-order valence-electron chi connectivity index (χ2n) is 4.56. The molecule has 14 heavy (non-hydrogen) atoms. The molecule has 0 amide bonds.